The minimum atomic E-state index is -0.756. The van der Waals surface area contributed by atoms with Crippen LogP contribution in [0.3, 0.4) is 0 Å². The summed E-state index contributed by atoms with van der Waals surface area (Å²) >= 11 is 6.03. The van der Waals surface area contributed by atoms with Gasteiger partial charge in [-0.3, -0.25) is 14.8 Å². The normalized spacial score (nSPS) is 18.9. The second-order valence-corrected chi connectivity index (χ2v) is 7.00. The van der Waals surface area contributed by atoms with Crippen molar-refractivity contribution >= 4 is 50.4 Å². The highest BCUT2D eigenvalue weighted by Crippen LogP contribution is 2.36. The Hall–Kier alpha value is -1.22. The molecule has 2 aromatic rings. The summed E-state index contributed by atoms with van der Waals surface area (Å²) in [6, 6.07) is 5.29. The number of carbonyl (C=O) groups is 2. The van der Waals surface area contributed by atoms with Crippen molar-refractivity contribution in [3.8, 4) is 0 Å². The Morgan fingerprint density at radius 2 is 2.25 bits per heavy atom. The molecule has 1 aliphatic rings. The van der Waals surface area contributed by atoms with E-state index in [1.165, 1.54) is 27.6 Å². The van der Waals surface area contributed by atoms with Gasteiger partial charge in [-0.15, -0.1) is 22.7 Å². The van der Waals surface area contributed by atoms with Gasteiger partial charge in [0, 0.05) is 9.85 Å². The molecule has 1 atom stereocenters. The van der Waals surface area contributed by atoms with Crippen LogP contribution in [0.4, 0.5) is 0 Å². The molecule has 0 aromatic carbocycles. The smallest absolute Gasteiger partial charge is 0.268 e. The first-order valence-corrected chi connectivity index (χ1v) is 8.22. The zero-order valence-electron chi connectivity index (χ0n) is 10.0. The molecule has 5 nitrogen and oxygen atoms in total. The van der Waals surface area contributed by atoms with Crippen molar-refractivity contribution in [3.05, 3.63) is 43.2 Å². The molecular weight excluding hydrogens is 364 g/mol. The molecule has 0 bridgehead atoms. The molecule has 1 fully saturated rings. The van der Waals surface area contributed by atoms with E-state index in [2.05, 4.69) is 15.9 Å². The van der Waals surface area contributed by atoms with E-state index in [0.717, 1.165) is 9.35 Å². The van der Waals surface area contributed by atoms with Crippen LogP contribution in [-0.2, 0) is 4.79 Å². The second-order valence-electron chi connectivity index (χ2n) is 4.19. The Morgan fingerprint density at radius 3 is 2.85 bits per heavy atom. The number of carbonyl (C=O) groups excluding carboxylic acids is 2. The van der Waals surface area contributed by atoms with Gasteiger partial charge in [-0.1, -0.05) is 6.07 Å². The second kappa shape index (κ2) is 5.28. The Balaban J connectivity index is 1.96. The SMILES string of the molecule is O=C1CN(C(=O)c2cccs2)C(c2cc(Br)cs2)N1O. The largest absolute Gasteiger partial charge is 0.301 e. The van der Waals surface area contributed by atoms with Gasteiger partial charge in [-0.25, -0.2) is 0 Å². The maximum atomic E-state index is 12.4. The maximum absolute atomic E-state index is 12.4. The molecule has 0 saturated carbocycles. The van der Waals surface area contributed by atoms with Crippen molar-refractivity contribution in [2.75, 3.05) is 6.54 Å². The van der Waals surface area contributed by atoms with Crippen LogP contribution in [0.25, 0.3) is 0 Å². The van der Waals surface area contributed by atoms with Gasteiger partial charge in [0.15, 0.2) is 6.17 Å². The molecule has 1 aliphatic heterocycles. The molecule has 0 spiro atoms. The van der Waals surface area contributed by atoms with E-state index in [1.54, 1.807) is 23.6 Å². The van der Waals surface area contributed by atoms with Crippen LogP contribution in [0.2, 0.25) is 0 Å². The third kappa shape index (κ3) is 2.28. The predicted octanol–water partition coefficient (Wildman–Crippen LogP) is 2.94. The molecule has 1 unspecified atom stereocenters. The molecule has 3 heterocycles. The van der Waals surface area contributed by atoms with Crippen molar-refractivity contribution in [2.45, 2.75) is 6.17 Å². The first-order valence-electron chi connectivity index (χ1n) is 5.67. The number of amides is 2. The van der Waals surface area contributed by atoms with Crippen LogP contribution in [-0.4, -0.2) is 33.5 Å². The Morgan fingerprint density at radius 1 is 1.45 bits per heavy atom. The molecule has 20 heavy (non-hydrogen) atoms. The highest BCUT2D eigenvalue weighted by molar-refractivity contribution is 9.10. The summed E-state index contributed by atoms with van der Waals surface area (Å²) in [4.78, 5) is 26.8. The van der Waals surface area contributed by atoms with Gasteiger partial charge in [0.25, 0.3) is 11.8 Å². The van der Waals surface area contributed by atoms with E-state index in [9.17, 15) is 14.8 Å². The fourth-order valence-electron chi connectivity index (χ4n) is 2.04. The lowest BCUT2D eigenvalue weighted by molar-refractivity contribution is -0.168. The van der Waals surface area contributed by atoms with E-state index in [0.29, 0.717) is 9.94 Å². The topological polar surface area (TPSA) is 60.9 Å². The Bertz CT molecular complexity index is 655. The quantitative estimate of drug-likeness (QED) is 0.824. The highest BCUT2D eigenvalue weighted by atomic mass is 79.9. The van der Waals surface area contributed by atoms with Crippen LogP contribution in [0.1, 0.15) is 20.7 Å². The van der Waals surface area contributed by atoms with Crippen molar-refractivity contribution in [1.29, 1.82) is 0 Å². The van der Waals surface area contributed by atoms with E-state index < -0.39 is 12.1 Å². The molecule has 2 aromatic heterocycles. The summed E-state index contributed by atoms with van der Waals surface area (Å²) < 4.78 is 0.855. The number of rotatable bonds is 2. The minimum absolute atomic E-state index is 0.118. The van der Waals surface area contributed by atoms with Gasteiger partial charge in [0.2, 0.25) is 0 Å². The average Bonchev–Trinajstić information content (AvgIpc) is 3.12. The molecule has 1 N–H and O–H groups in total. The summed E-state index contributed by atoms with van der Waals surface area (Å²) in [5, 5.41) is 14.2. The zero-order chi connectivity index (χ0) is 14.3. The third-order valence-corrected chi connectivity index (χ3v) is 5.51. The van der Waals surface area contributed by atoms with Crippen LogP contribution in [0.5, 0.6) is 0 Å². The first kappa shape index (κ1) is 13.7. The third-order valence-electron chi connectivity index (χ3n) is 2.92. The molecular formula is C12H9BrN2O3S2. The lowest BCUT2D eigenvalue weighted by atomic mass is 10.3. The lowest BCUT2D eigenvalue weighted by Crippen LogP contribution is -2.33. The van der Waals surface area contributed by atoms with E-state index >= 15 is 0 Å². The predicted molar refractivity (Wildman–Crippen MR) is 78.7 cm³/mol. The first-order chi connectivity index (χ1) is 9.58. The Kier molecular flexibility index (Phi) is 3.63. The van der Waals surface area contributed by atoms with Crippen molar-refractivity contribution in [3.63, 3.8) is 0 Å². The van der Waals surface area contributed by atoms with Crippen LogP contribution >= 0.6 is 38.6 Å². The average molecular weight is 373 g/mol. The van der Waals surface area contributed by atoms with Gasteiger partial charge in [0.05, 0.1) is 9.75 Å². The van der Waals surface area contributed by atoms with Gasteiger partial charge in [-0.05, 0) is 33.4 Å². The molecule has 2 amide bonds. The van der Waals surface area contributed by atoms with E-state index in [-0.39, 0.29) is 12.5 Å². The summed E-state index contributed by atoms with van der Waals surface area (Å²) in [7, 11) is 0. The van der Waals surface area contributed by atoms with Gasteiger partial charge >= 0.3 is 0 Å². The van der Waals surface area contributed by atoms with Crippen molar-refractivity contribution < 1.29 is 14.8 Å². The molecule has 0 aliphatic carbocycles. The summed E-state index contributed by atoms with van der Waals surface area (Å²) in [5.74, 6) is -0.733. The zero-order valence-corrected chi connectivity index (χ0v) is 13.2. The number of hydrogen-bond donors (Lipinski definition) is 1. The molecule has 1 saturated heterocycles. The lowest BCUT2D eigenvalue weighted by Gasteiger charge is -2.24. The minimum Gasteiger partial charge on any atom is -0.301 e. The molecule has 104 valence electrons. The highest BCUT2D eigenvalue weighted by Gasteiger charge is 2.42. The fourth-order valence-corrected chi connectivity index (χ4v) is 4.25. The number of hydroxylamine groups is 2. The van der Waals surface area contributed by atoms with E-state index in [4.69, 9.17) is 0 Å². The number of thiophene rings is 2. The summed E-state index contributed by atoms with van der Waals surface area (Å²) in [6.45, 7) is -0.118. The van der Waals surface area contributed by atoms with Gasteiger partial charge in [-0.2, -0.15) is 5.06 Å². The number of hydrogen-bond acceptors (Lipinski definition) is 5. The molecule has 3 rings (SSSR count). The van der Waals surface area contributed by atoms with Crippen molar-refractivity contribution in [2.24, 2.45) is 0 Å². The monoisotopic (exact) mass is 372 g/mol. The van der Waals surface area contributed by atoms with E-state index in [1.807, 2.05) is 5.38 Å². The van der Waals surface area contributed by atoms with Crippen molar-refractivity contribution in [1.82, 2.24) is 9.96 Å². The summed E-state index contributed by atoms with van der Waals surface area (Å²) in [6.07, 6.45) is -0.756. The van der Waals surface area contributed by atoms with Crippen LogP contribution < -0.4 is 0 Å². The van der Waals surface area contributed by atoms with Crippen LogP contribution in [0, 0.1) is 0 Å². The molecule has 0 radical (unpaired) electrons. The summed E-state index contributed by atoms with van der Waals surface area (Å²) in [5.41, 5.74) is 0. The van der Waals surface area contributed by atoms with Gasteiger partial charge < -0.3 is 4.90 Å². The van der Waals surface area contributed by atoms with Gasteiger partial charge in [0.1, 0.15) is 6.54 Å². The fraction of sp³-hybridized carbons (Fsp3) is 0.167. The standard InChI is InChI=1S/C12H9BrN2O3S2/c13-7-4-9(20-6-7)11-14(5-10(16)15(11)18)12(17)8-2-1-3-19-8/h1-4,6,11,18H,5H2. The maximum Gasteiger partial charge on any atom is 0.268 e. The van der Waals surface area contributed by atoms with Crippen LogP contribution in [0.15, 0.2) is 33.4 Å². The number of nitrogens with zero attached hydrogens (tertiary/aromatic N) is 2. The molecule has 8 heteroatoms. The Labute approximate surface area is 131 Å². The number of halogens is 1.